The number of hydrogen-bond donors (Lipinski definition) is 0. The van der Waals surface area contributed by atoms with Gasteiger partial charge in [0.2, 0.25) is 0 Å². The van der Waals surface area contributed by atoms with Gasteiger partial charge in [0, 0.05) is 11.1 Å². The second-order valence-electron chi connectivity index (χ2n) is 5.06. The van der Waals surface area contributed by atoms with E-state index in [0.717, 1.165) is 22.3 Å². The van der Waals surface area contributed by atoms with E-state index >= 15 is 0 Å². The molecule has 0 fully saturated rings. The second-order valence-corrected chi connectivity index (χ2v) is 5.87. The Labute approximate surface area is 129 Å². The van der Waals surface area contributed by atoms with E-state index in [1.165, 1.54) is 0 Å². The summed E-state index contributed by atoms with van der Waals surface area (Å²) in [5, 5.41) is 0.935. The topological polar surface area (TPSA) is 17.1 Å². The highest BCUT2D eigenvalue weighted by Crippen LogP contribution is 2.30. The zero-order chi connectivity index (χ0) is 15.0. The number of carbonyl (C=O) groups is 1. The summed E-state index contributed by atoms with van der Waals surface area (Å²) in [6, 6.07) is 7.35. The molecule has 0 amide bonds. The Kier molecular flexibility index (Phi) is 4.22. The van der Waals surface area contributed by atoms with Gasteiger partial charge in [-0.2, -0.15) is 0 Å². The summed E-state index contributed by atoms with van der Waals surface area (Å²) in [4.78, 5) is 12.9. The van der Waals surface area contributed by atoms with Gasteiger partial charge in [-0.05, 0) is 62.1 Å². The highest BCUT2D eigenvalue weighted by Gasteiger charge is 2.21. The van der Waals surface area contributed by atoms with E-state index in [-0.39, 0.29) is 5.78 Å². The van der Waals surface area contributed by atoms with Gasteiger partial charge in [-0.15, -0.1) is 0 Å². The van der Waals surface area contributed by atoms with Gasteiger partial charge in [-0.1, -0.05) is 35.3 Å². The van der Waals surface area contributed by atoms with Gasteiger partial charge in [0.15, 0.2) is 5.78 Å². The molecule has 0 radical (unpaired) electrons. The maximum Gasteiger partial charge on any atom is 0.196 e. The van der Waals surface area contributed by atoms with Crippen LogP contribution in [0.4, 0.5) is 0 Å². The molecular weight excluding hydrogens is 291 g/mol. The molecule has 2 aromatic carbocycles. The Hall–Kier alpha value is -1.31. The van der Waals surface area contributed by atoms with Crippen LogP contribution in [-0.4, -0.2) is 5.78 Å². The number of benzene rings is 2. The minimum Gasteiger partial charge on any atom is -0.288 e. The van der Waals surface area contributed by atoms with Crippen molar-refractivity contribution in [2.45, 2.75) is 27.7 Å². The van der Waals surface area contributed by atoms with E-state index in [0.29, 0.717) is 21.2 Å². The van der Waals surface area contributed by atoms with Crippen molar-refractivity contribution in [3.05, 3.63) is 67.7 Å². The van der Waals surface area contributed by atoms with Crippen LogP contribution in [0.25, 0.3) is 0 Å². The molecule has 0 aliphatic carbocycles. The first kappa shape index (κ1) is 15.1. The molecule has 0 aliphatic heterocycles. The number of ketones is 1. The van der Waals surface area contributed by atoms with Crippen molar-refractivity contribution < 1.29 is 4.79 Å². The Bertz CT molecular complexity index is 643. The third-order valence-electron chi connectivity index (χ3n) is 3.82. The zero-order valence-corrected chi connectivity index (χ0v) is 13.5. The number of rotatable bonds is 2. The molecule has 0 unspecified atom stereocenters. The lowest BCUT2D eigenvalue weighted by Crippen LogP contribution is -2.09. The van der Waals surface area contributed by atoms with E-state index in [1.807, 2.05) is 39.8 Å². The van der Waals surface area contributed by atoms with Crippen molar-refractivity contribution in [2.24, 2.45) is 0 Å². The first-order valence-electron chi connectivity index (χ1n) is 6.40. The van der Waals surface area contributed by atoms with E-state index in [9.17, 15) is 4.79 Å². The minimum atomic E-state index is -0.109. The molecular formula is C17H16Cl2O. The second kappa shape index (κ2) is 5.59. The molecule has 0 aliphatic rings. The summed E-state index contributed by atoms with van der Waals surface area (Å²) in [6.07, 6.45) is 0. The van der Waals surface area contributed by atoms with Crippen molar-refractivity contribution in [1.29, 1.82) is 0 Å². The van der Waals surface area contributed by atoms with Crippen molar-refractivity contribution in [2.75, 3.05) is 0 Å². The molecule has 0 aromatic heterocycles. The standard InChI is InChI=1S/C17H16Cl2O/c1-9-5-7-13(18)15(11(9)3)17(20)16-12(4)10(2)6-8-14(16)19/h5-8H,1-4H3. The Morgan fingerprint density at radius 1 is 0.750 bits per heavy atom. The van der Waals surface area contributed by atoms with E-state index in [2.05, 4.69) is 0 Å². The summed E-state index contributed by atoms with van der Waals surface area (Å²) < 4.78 is 0. The fourth-order valence-corrected chi connectivity index (χ4v) is 2.83. The number of hydrogen-bond acceptors (Lipinski definition) is 1. The maximum absolute atomic E-state index is 12.9. The monoisotopic (exact) mass is 306 g/mol. The number of aryl methyl sites for hydroxylation is 2. The van der Waals surface area contributed by atoms with Gasteiger partial charge in [0.25, 0.3) is 0 Å². The first-order chi connectivity index (χ1) is 9.34. The lowest BCUT2D eigenvalue weighted by Gasteiger charge is -2.14. The molecule has 0 atom stereocenters. The van der Waals surface area contributed by atoms with Crippen LogP contribution in [0, 0.1) is 27.7 Å². The van der Waals surface area contributed by atoms with Gasteiger partial charge >= 0.3 is 0 Å². The lowest BCUT2D eigenvalue weighted by atomic mass is 9.92. The predicted molar refractivity (Wildman–Crippen MR) is 85.3 cm³/mol. The third-order valence-corrected chi connectivity index (χ3v) is 4.45. The molecule has 1 nitrogen and oxygen atoms in total. The molecule has 0 bridgehead atoms. The predicted octanol–water partition coefficient (Wildman–Crippen LogP) is 5.46. The van der Waals surface area contributed by atoms with Gasteiger partial charge in [-0.3, -0.25) is 4.79 Å². The molecule has 0 saturated heterocycles. The molecule has 2 rings (SSSR count). The summed E-state index contributed by atoms with van der Waals surface area (Å²) in [5.41, 5.74) is 4.97. The van der Waals surface area contributed by atoms with Crippen molar-refractivity contribution in [3.63, 3.8) is 0 Å². The molecule has 3 heteroatoms. The molecule has 2 aromatic rings. The van der Waals surface area contributed by atoms with Crippen LogP contribution in [0.5, 0.6) is 0 Å². The molecule has 104 valence electrons. The van der Waals surface area contributed by atoms with E-state index in [1.54, 1.807) is 12.1 Å². The molecule has 0 saturated carbocycles. The molecule has 0 heterocycles. The van der Waals surface area contributed by atoms with Crippen molar-refractivity contribution >= 4 is 29.0 Å². The summed E-state index contributed by atoms with van der Waals surface area (Å²) in [5.74, 6) is -0.109. The summed E-state index contributed by atoms with van der Waals surface area (Å²) in [7, 11) is 0. The zero-order valence-electron chi connectivity index (χ0n) is 12.0. The normalized spacial score (nSPS) is 10.7. The highest BCUT2D eigenvalue weighted by atomic mass is 35.5. The fraction of sp³-hybridized carbons (Fsp3) is 0.235. The summed E-state index contributed by atoms with van der Waals surface area (Å²) >= 11 is 12.5. The van der Waals surface area contributed by atoms with Crippen molar-refractivity contribution in [1.82, 2.24) is 0 Å². The van der Waals surface area contributed by atoms with Crippen LogP contribution < -0.4 is 0 Å². The number of carbonyl (C=O) groups excluding carboxylic acids is 1. The minimum absolute atomic E-state index is 0.109. The Morgan fingerprint density at radius 3 is 1.45 bits per heavy atom. The van der Waals surface area contributed by atoms with Crippen LogP contribution in [-0.2, 0) is 0 Å². The largest absolute Gasteiger partial charge is 0.288 e. The van der Waals surface area contributed by atoms with Crippen LogP contribution in [0.3, 0.4) is 0 Å². The maximum atomic E-state index is 12.9. The quantitative estimate of drug-likeness (QED) is 0.673. The van der Waals surface area contributed by atoms with E-state index in [4.69, 9.17) is 23.2 Å². The Balaban J connectivity index is 2.71. The molecule has 0 spiro atoms. The van der Waals surface area contributed by atoms with Gasteiger partial charge in [0.1, 0.15) is 0 Å². The molecule has 0 N–H and O–H groups in total. The average Bonchev–Trinajstić information content (AvgIpc) is 2.39. The molecule has 20 heavy (non-hydrogen) atoms. The average molecular weight is 307 g/mol. The fourth-order valence-electron chi connectivity index (χ4n) is 2.25. The SMILES string of the molecule is Cc1ccc(Cl)c(C(=O)c2c(Cl)ccc(C)c2C)c1C. The van der Waals surface area contributed by atoms with Crippen LogP contribution >= 0.6 is 23.2 Å². The van der Waals surface area contributed by atoms with Crippen LogP contribution in [0.15, 0.2) is 24.3 Å². The smallest absolute Gasteiger partial charge is 0.196 e. The van der Waals surface area contributed by atoms with E-state index < -0.39 is 0 Å². The van der Waals surface area contributed by atoms with Gasteiger partial charge in [0.05, 0.1) is 10.0 Å². The van der Waals surface area contributed by atoms with Gasteiger partial charge < -0.3 is 0 Å². The van der Waals surface area contributed by atoms with Crippen LogP contribution in [0.1, 0.15) is 38.2 Å². The van der Waals surface area contributed by atoms with Gasteiger partial charge in [-0.25, -0.2) is 0 Å². The van der Waals surface area contributed by atoms with Crippen LogP contribution in [0.2, 0.25) is 10.0 Å². The number of halogens is 2. The third kappa shape index (κ3) is 2.48. The first-order valence-corrected chi connectivity index (χ1v) is 7.16. The summed E-state index contributed by atoms with van der Waals surface area (Å²) in [6.45, 7) is 7.75. The Morgan fingerprint density at radius 2 is 1.10 bits per heavy atom. The van der Waals surface area contributed by atoms with Crippen molar-refractivity contribution in [3.8, 4) is 0 Å². The highest BCUT2D eigenvalue weighted by molar-refractivity contribution is 6.38. The lowest BCUT2D eigenvalue weighted by molar-refractivity contribution is 0.103.